The third-order valence-electron chi connectivity index (χ3n) is 3.70. The number of likely N-dealkylation sites (N-methyl/N-ethyl adjacent to an activating group) is 1. The summed E-state index contributed by atoms with van der Waals surface area (Å²) < 4.78 is 0. The van der Waals surface area contributed by atoms with Gasteiger partial charge in [-0.05, 0) is 49.9 Å². The van der Waals surface area contributed by atoms with Gasteiger partial charge in [0, 0.05) is 15.7 Å². The Morgan fingerprint density at radius 2 is 1.62 bits per heavy atom. The van der Waals surface area contributed by atoms with Crippen LogP contribution in [0.25, 0.3) is 0 Å². The topological polar surface area (TPSA) is 61.4 Å². The van der Waals surface area contributed by atoms with Crippen molar-refractivity contribution in [2.45, 2.75) is 13.0 Å². The predicted octanol–water partition coefficient (Wildman–Crippen LogP) is 3.74. The number of amides is 2. The minimum absolute atomic E-state index is 0.0938. The van der Waals surface area contributed by atoms with Gasteiger partial charge in [0.2, 0.25) is 11.8 Å². The third-order valence-corrected chi connectivity index (χ3v) is 4.30. The molecule has 0 fully saturated rings. The molecule has 2 amide bonds. The van der Waals surface area contributed by atoms with Gasteiger partial charge in [0.15, 0.2) is 0 Å². The van der Waals surface area contributed by atoms with E-state index in [4.69, 9.17) is 23.2 Å². The second-order valence-corrected chi connectivity index (χ2v) is 6.88. The molecule has 1 atom stereocenters. The van der Waals surface area contributed by atoms with Crippen LogP contribution in [0.1, 0.15) is 18.5 Å². The molecule has 2 N–H and O–H groups in total. The van der Waals surface area contributed by atoms with E-state index < -0.39 is 0 Å². The number of halogens is 2. The van der Waals surface area contributed by atoms with E-state index in [1.165, 1.54) is 0 Å². The molecule has 2 aromatic carbocycles. The van der Waals surface area contributed by atoms with E-state index in [1.807, 2.05) is 25.1 Å². The Labute approximate surface area is 163 Å². The van der Waals surface area contributed by atoms with Crippen molar-refractivity contribution in [2.24, 2.45) is 0 Å². The summed E-state index contributed by atoms with van der Waals surface area (Å²) in [5.74, 6) is -0.388. The molecule has 26 heavy (non-hydrogen) atoms. The molecule has 5 nitrogen and oxygen atoms in total. The SMILES string of the molecule is C[C@H](NC(=O)CN(C)CC(=O)Nc1ccc(Cl)cc1)c1ccccc1Cl. The molecule has 2 rings (SSSR count). The summed E-state index contributed by atoms with van der Waals surface area (Å²) in [7, 11) is 1.71. The molecule has 2 aromatic rings. The number of nitrogens with one attached hydrogen (secondary N) is 2. The zero-order chi connectivity index (χ0) is 19.1. The highest BCUT2D eigenvalue weighted by atomic mass is 35.5. The zero-order valence-electron chi connectivity index (χ0n) is 14.6. The quantitative estimate of drug-likeness (QED) is 0.752. The van der Waals surface area contributed by atoms with E-state index in [-0.39, 0.29) is 30.9 Å². The van der Waals surface area contributed by atoms with E-state index in [0.29, 0.717) is 15.7 Å². The maximum absolute atomic E-state index is 12.2. The molecule has 0 radical (unpaired) electrons. The lowest BCUT2D eigenvalue weighted by molar-refractivity contribution is -0.123. The van der Waals surface area contributed by atoms with E-state index in [9.17, 15) is 9.59 Å². The van der Waals surface area contributed by atoms with Crippen LogP contribution in [0.2, 0.25) is 10.0 Å². The number of hydrogen-bond acceptors (Lipinski definition) is 3. The Kier molecular flexibility index (Phi) is 7.45. The van der Waals surface area contributed by atoms with Gasteiger partial charge >= 0.3 is 0 Å². The lowest BCUT2D eigenvalue weighted by Crippen LogP contribution is -2.39. The molecule has 7 heteroatoms. The Morgan fingerprint density at radius 3 is 2.27 bits per heavy atom. The summed E-state index contributed by atoms with van der Waals surface area (Å²) in [5, 5.41) is 6.85. The highest BCUT2D eigenvalue weighted by Crippen LogP contribution is 2.21. The van der Waals surface area contributed by atoms with Crippen LogP contribution in [-0.4, -0.2) is 36.9 Å². The van der Waals surface area contributed by atoms with Crippen LogP contribution in [0.15, 0.2) is 48.5 Å². The number of rotatable bonds is 7. The Morgan fingerprint density at radius 1 is 1.00 bits per heavy atom. The number of carbonyl (C=O) groups excluding carboxylic acids is 2. The van der Waals surface area contributed by atoms with Crippen LogP contribution >= 0.6 is 23.2 Å². The van der Waals surface area contributed by atoms with Crippen molar-refractivity contribution in [3.8, 4) is 0 Å². The lowest BCUT2D eigenvalue weighted by atomic mass is 10.1. The molecule has 0 aliphatic heterocycles. The summed E-state index contributed by atoms with van der Waals surface area (Å²) >= 11 is 12.0. The minimum atomic E-state index is -0.215. The molecule has 138 valence electrons. The van der Waals surface area contributed by atoms with Gasteiger partial charge in [0.1, 0.15) is 0 Å². The number of benzene rings is 2. The van der Waals surface area contributed by atoms with Crippen molar-refractivity contribution in [3.63, 3.8) is 0 Å². The fourth-order valence-electron chi connectivity index (χ4n) is 2.47. The van der Waals surface area contributed by atoms with Crippen LogP contribution in [0.5, 0.6) is 0 Å². The zero-order valence-corrected chi connectivity index (χ0v) is 16.1. The van der Waals surface area contributed by atoms with Crippen LogP contribution in [0.3, 0.4) is 0 Å². The average molecular weight is 394 g/mol. The first kappa shape index (κ1) is 20.2. The van der Waals surface area contributed by atoms with Gasteiger partial charge in [0.05, 0.1) is 19.1 Å². The molecule has 0 saturated carbocycles. The number of hydrogen-bond donors (Lipinski definition) is 2. The van der Waals surface area contributed by atoms with E-state index >= 15 is 0 Å². The molecule has 0 spiro atoms. The van der Waals surface area contributed by atoms with Gasteiger partial charge in [-0.3, -0.25) is 14.5 Å². The number of anilines is 1. The summed E-state index contributed by atoms with van der Waals surface area (Å²) in [6.07, 6.45) is 0. The maximum atomic E-state index is 12.2. The van der Waals surface area contributed by atoms with Crippen LogP contribution in [0.4, 0.5) is 5.69 Å². The monoisotopic (exact) mass is 393 g/mol. The standard InChI is InChI=1S/C19H21Cl2N3O2/c1-13(16-5-3-4-6-17(16)21)22-18(25)11-24(2)12-19(26)23-15-9-7-14(20)8-10-15/h3-10,13H,11-12H2,1-2H3,(H,22,25)(H,23,26)/t13-/m0/s1. The number of carbonyl (C=O) groups is 2. The summed E-state index contributed by atoms with van der Waals surface area (Å²) in [5.41, 5.74) is 1.51. The molecule has 0 aliphatic rings. The first-order chi connectivity index (χ1) is 12.3. The van der Waals surface area contributed by atoms with Gasteiger partial charge < -0.3 is 10.6 Å². The van der Waals surface area contributed by atoms with Gasteiger partial charge in [-0.25, -0.2) is 0 Å². The molecule has 0 aromatic heterocycles. The van der Waals surface area contributed by atoms with Crippen LogP contribution in [0, 0.1) is 0 Å². The van der Waals surface area contributed by atoms with E-state index in [2.05, 4.69) is 10.6 Å². The van der Waals surface area contributed by atoms with Crippen molar-refractivity contribution in [1.82, 2.24) is 10.2 Å². The summed E-state index contributed by atoms with van der Waals surface area (Å²) in [6.45, 7) is 2.06. The highest BCUT2D eigenvalue weighted by Gasteiger charge is 2.15. The van der Waals surface area contributed by atoms with E-state index in [1.54, 1.807) is 42.3 Å². The Hall–Kier alpha value is -2.08. The van der Waals surface area contributed by atoms with Crippen molar-refractivity contribution in [3.05, 3.63) is 64.1 Å². The van der Waals surface area contributed by atoms with E-state index in [0.717, 1.165) is 5.56 Å². The molecule has 0 bridgehead atoms. The van der Waals surface area contributed by atoms with Crippen LogP contribution in [-0.2, 0) is 9.59 Å². The molecule has 0 heterocycles. The fourth-order valence-corrected chi connectivity index (χ4v) is 2.90. The second-order valence-electron chi connectivity index (χ2n) is 6.04. The Bertz CT molecular complexity index is 766. The van der Waals surface area contributed by atoms with Gasteiger partial charge in [-0.15, -0.1) is 0 Å². The van der Waals surface area contributed by atoms with Gasteiger partial charge in [0.25, 0.3) is 0 Å². The Balaban J connectivity index is 1.80. The molecule has 0 unspecified atom stereocenters. The normalized spacial score (nSPS) is 11.9. The van der Waals surface area contributed by atoms with Crippen molar-refractivity contribution in [1.29, 1.82) is 0 Å². The van der Waals surface area contributed by atoms with Gasteiger partial charge in [-0.1, -0.05) is 41.4 Å². The molecular formula is C19H21Cl2N3O2. The predicted molar refractivity (Wildman–Crippen MR) is 106 cm³/mol. The van der Waals surface area contributed by atoms with Crippen molar-refractivity contribution in [2.75, 3.05) is 25.5 Å². The minimum Gasteiger partial charge on any atom is -0.348 e. The van der Waals surface area contributed by atoms with Gasteiger partial charge in [-0.2, -0.15) is 0 Å². The first-order valence-corrected chi connectivity index (χ1v) is 8.88. The largest absolute Gasteiger partial charge is 0.348 e. The fraction of sp³-hybridized carbons (Fsp3) is 0.263. The first-order valence-electron chi connectivity index (χ1n) is 8.13. The maximum Gasteiger partial charge on any atom is 0.238 e. The second kappa shape index (κ2) is 9.57. The van der Waals surface area contributed by atoms with Crippen molar-refractivity contribution < 1.29 is 9.59 Å². The third kappa shape index (κ3) is 6.33. The summed E-state index contributed by atoms with van der Waals surface area (Å²) in [6, 6.07) is 14.0. The highest BCUT2D eigenvalue weighted by molar-refractivity contribution is 6.31. The van der Waals surface area contributed by atoms with Crippen LogP contribution < -0.4 is 10.6 Å². The molecule has 0 aliphatic carbocycles. The van der Waals surface area contributed by atoms with Crippen molar-refractivity contribution >= 4 is 40.7 Å². The summed E-state index contributed by atoms with van der Waals surface area (Å²) in [4.78, 5) is 25.9. The molecular weight excluding hydrogens is 373 g/mol. The smallest absolute Gasteiger partial charge is 0.238 e. The molecule has 0 saturated heterocycles. The average Bonchev–Trinajstić information content (AvgIpc) is 2.56. The lowest BCUT2D eigenvalue weighted by Gasteiger charge is -2.19. The number of nitrogens with zero attached hydrogens (tertiary/aromatic N) is 1.